The van der Waals surface area contributed by atoms with Gasteiger partial charge in [0, 0.05) is 12.6 Å². The number of amides is 1. The highest BCUT2D eigenvalue weighted by atomic mass is 19.4. The first-order valence-corrected chi connectivity index (χ1v) is 8.44. The number of hydrogen-bond donors (Lipinski definition) is 2. The lowest BCUT2D eigenvalue weighted by Crippen LogP contribution is -2.18. The Hall–Kier alpha value is -3.42. The number of alkyl halides is 3. The molecule has 0 unspecified atom stereocenters. The molecule has 0 saturated heterocycles. The van der Waals surface area contributed by atoms with Gasteiger partial charge in [-0.05, 0) is 24.6 Å². The Labute approximate surface area is 159 Å². The summed E-state index contributed by atoms with van der Waals surface area (Å²) in [6.07, 6.45) is -4.58. The van der Waals surface area contributed by atoms with Crippen LogP contribution in [-0.4, -0.2) is 15.9 Å². The molecule has 8 heteroatoms. The summed E-state index contributed by atoms with van der Waals surface area (Å²) in [7, 11) is 0. The first kappa shape index (κ1) is 19.3. The van der Waals surface area contributed by atoms with Crippen molar-refractivity contribution in [3.05, 3.63) is 83.3 Å². The van der Waals surface area contributed by atoms with Crippen molar-refractivity contribution < 1.29 is 18.0 Å². The third kappa shape index (κ3) is 4.85. The number of anilines is 2. The predicted octanol–water partition coefficient (Wildman–Crippen LogP) is 4.67. The molecule has 0 fully saturated rings. The van der Waals surface area contributed by atoms with Gasteiger partial charge in [-0.2, -0.15) is 13.2 Å². The van der Waals surface area contributed by atoms with E-state index in [-0.39, 0.29) is 11.4 Å². The van der Waals surface area contributed by atoms with Gasteiger partial charge in [0.25, 0.3) is 5.91 Å². The molecule has 5 nitrogen and oxygen atoms in total. The first-order valence-electron chi connectivity index (χ1n) is 8.44. The summed E-state index contributed by atoms with van der Waals surface area (Å²) >= 11 is 0. The molecule has 1 aromatic heterocycles. The minimum absolute atomic E-state index is 0.0277. The molecule has 0 atom stereocenters. The minimum atomic E-state index is -4.58. The third-order valence-electron chi connectivity index (χ3n) is 3.87. The molecule has 1 amide bonds. The number of aryl methyl sites for hydroxylation is 1. The number of nitrogens with zero attached hydrogens (tertiary/aromatic N) is 2. The summed E-state index contributed by atoms with van der Waals surface area (Å²) in [6, 6.07) is 15.8. The Morgan fingerprint density at radius 3 is 2.39 bits per heavy atom. The summed E-state index contributed by atoms with van der Waals surface area (Å²) < 4.78 is 39.3. The van der Waals surface area contributed by atoms with Crippen LogP contribution in [0, 0.1) is 6.92 Å². The van der Waals surface area contributed by atoms with Crippen LogP contribution in [0.5, 0.6) is 0 Å². The number of halogens is 3. The van der Waals surface area contributed by atoms with Crippen LogP contribution in [0.1, 0.15) is 27.4 Å². The zero-order chi connectivity index (χ0) is 20.1. The van der Waals surface area contributed by atoms with Crippen molar-refractivity contribution in [1.29, 1.82) is 0 Å². The lowest BCUT2D eigenvalue weighted by molar-refractivity contribution is -0.136. The Balaban J connectivity index is 1.78. The van der Waals surface area contributed by atoms with E-state index in [1.54, 1.807) is 6.92 Å². The SMILES string of the molecule is Cc1nc(NCc2ccccc2)cc(C(=O)Nc2ccccc2C(F)(F)F)n1. The zero-order valence-corrected chi connectivity index (χ0v) is 14.9. The van der Waals surface area contributed by atoms with Crippen LogP contribution >= 0.6 is 0 Å². The summed E-state index contributed by atoms with van der Waals surface area (Å²) in [5.41, 5.74) is -0.254. The van der Waals surface area contributed by atoms with Crippen molar-refractivity contribution in [3.63, 3.8) is 0 Å². The van der Waals surface area contributed by atoms with E-state index in [0.717, 1.165) is 11.6 Å². The summed E-state index contributed by atoms with van der Waals surface area (Å²) in [4.78, 5) is 20.7. The maximum absolute atomic E-state index is 13.1. The molecule has 0 aliphatic rings. The van der Waals surface area contributed by atoms with E-state index >= 15 is 0 Å². The minimum Gasteiger partial charge on any atom is -0.366 e. The largest absolute Gasteiger partial charge is 0.418 e. The monoisotopic (exact) mass is 386 g/mol. The second-order valence-corrected chi connectivity index (χ2v) is 6.02. The van der Waals surface area contributed by atoms with Crippen LogP contribution in [0.4, 0.5) is 24.7 Å². The molecule has 28 heavy (non-hydrogen) atoms. The van der Waals surface area contributed by atoms with Crippen molar-refractivity contribution >= 4 is 17.4 Å². The normalized spacial score (nSPS) is 11.1. The Bertz CT molecular complexity index is 975. The van der Waals surface area contributed by atoms with Gasteiger partial charge in [0.15, 0.2) is 0 Å². The van der Waals surface area contributed by atoms with Crippen molar-refractivity contribution in [2.45, 2.75) is 19.6 Å². The number of nitrogens with one attached hydrogen (secondary N) is 2. The molecule has 0 bridgehead atoms. The Kier molecular flexibility index (Phi) is 5.58. The van der Waals surface area contributed by atoms with E-state index in [9.17, 15) is 18.0 Å². The fourth-order valence-corrected chi connectivity index (χ4v) is 2.59. The maximum atomic E-state index is 13.1. The number of carbonyl (C=O) groups excluding carboxylic acids is 1. The molecule has 3 rings (SSSR count). The lowest BCUT2D eigenvalue weighted by atomic mass is 10.1. The molecule has 2 aromatic carbocycles. The van der Waals surface area contributed by atoms with E-state index in [2.05, 4.69) is 20.6 Å². The molecule has 0 radical (unpaired) electrons. The summed E-state index contributed by atoms with van der Waals surface area (Å²) in [6.45, 7) is 2.09. The second-order valence-electron chi connectivity index (χ2n) is 6.02. The highest BCUT2D eigenvalue weighted by Crippen LogP contribution is 2.34. The van der Waals surface area contributed by atoms with Gasteiger partial charge in [-0.3, -0.25) is 4.79 Å². The van der Waals surface area contributed by atoms with E-state index in [4.69, 9.17) is 0 Å². The number of hydrogen-bond acceptors (Lipinski definition) is 4. The van der Waals surface area contributed by atoms with Gasteiger partial charge in [0.05, 0.1) is 11.3 Å². The lowest BCUT2D eigenvalue weighted by Gasteiger charge is -2.14. The molecular weight excluding hydrogens is 369 g/mol. The quantitative estimate of drug-likeness (QED) is 0.669. The maximum Gasteiger partial charge on any atom is 0.418 e. The van der Waals surface area contributed by atoms with Gasteiger partial charge in [0.2, 0.25) is 0 Å². The summed E-state index contributed by atoms with van der Waals surface area (Å²) in [5, 5.41) is 5.37. The second kappa shape index (κ2) is 8.08. The van der Waals surface area contributed by atoms with Crippen LogP contribution in [0.15, 0.2) is 60.7 Å². The van der Waals surface area contributed by atoms with Crippen molar-refractivity contribution in [1.82, 2.24) is 9.97 Å². The van der Waals surface area contributed by atoms with E-state index in [0.29, 0.717) is 18.2 Å². The molecule has 144 valence electrons. The molecule has 0 spiro atoms. The highest BCUT2D eigenvalue weighted by molar-refractivity contribution is 6.03. The van der Waals surface area contributed by atoms with E-state index in [1.807, 2.05) is 30.3 Å². The van der Waals surface area contributed by atoms with Gasteiger partial charge in [-0.1, -0.05) is 42.5 Å². The number of carbonyl (C=O) groups is 1. The van der Waals surface area contributed by atoms with Gasteiger partial charge >= 0.3 is 6.18 Å². The zero-order valence-electron chi connectivity index (χ0n) is 14.9. The standard InChI is InChI=1S/C20H17F3N4O/c1-13-25-17(11-18(26-13)24-12-14-7-3-2-4-8-14)19(28)27-16-10-6-5-9-15(16)20(21,22)23/h2-11H,12H2,1H3,(H,27,28)(H,24,25,26). The average Bonchev–Trinajstić information content (AvgIpc) is 2.66. The predicted molar refractivity (Wildman–Crippen MR) is 99.9 cm³/mol. The number of benzene rings is 2. The number of rotatable bonds is 5. The topological polar surface area (TPSA) is 66.9 Å². The highest BCUT2D eigenvalue weighted by Gasteiger charge is 2.33. The van der Waals surface area contributed by atoms with Crippen LogP contribution in [0.3, 0.4) is 0 Å². The molecule has 0 saturated carbocycles. The fraction of sp³-hybridized carbons (Fsp3) is 0.150. The van der Waals surface area contributed by atoms with Crippen LogP contribution in [0.2, 0.25) is 0 Å². The molecule has 1 heterocycles. The van der Waals surface area contributed by atoms with Crippen LogP contribution < -0.4 is 10.6 Å². The van der Waals surface area contributed by atoms with Gasteiger partial charge < -0.3 is 10.6 Å². The first-order chi connectivity index (χ1) is 13.3. The molecule has 2 N–H and O–H groups in total. The molecular formula is C20H17F3N4O. The van der Waals surface area contributed by atoms with Crippen molar-refractivity contribution in [2.24, 2.45) is 0 Å². The smallest absolute Gasteiger partial charge is 0.366 e. The fourth-order valence-electron chi connectivity index (χ4n) is 2.59. The Morgan fingerprint density at radius 1 is 1.00 bits per heavy atom. The molecule has 0 aliphatic carbocycles. The number of aromatic nitrogens is 2. The van der Waals surface area contributed by atoms with Gasteiger partial charge in [-0.25, -0.2) is 9.97 Å². The van der Waals surface area contributed by atoms with Gasteiger partial charge in [0.1, 0.15) is 17.3 Å². The molecule has 3 aromatic rings. The van der Waals surface area contributed by atoms with Gasteiger partial charge in [-0.15, -0.1) is 0 Å². The summed E-state index contributed by atoms with van der Waals surface area (Å²) in [5.74, 6) is -0.0112. The Morgan fingerprint density at radius 2 is 1.68 bits per heavy atom. The van der Waals surface area contributed by atoms with E-state index < -0.39 is 17.6 Å². The third-order valence-corrected chi connectivity index (χ3v) is 3.87. The van der Waals surface area contributed by atoms with E-state index in [1.165, 1.54) is 24.3 Å². The van der Waals surface area contributed by atoms with Crippen molar-refractivity contribution in [2.75, 3.05) is 10.6 Å². The number of para-hydroxylation sites is 1. The molecule has 0 aliphatic heterocycles. The van der Waals surface area contributed by atoms with Crippen molar-refractivity contribution in [3.8, 4) is 0 Å². The average molecular weight is 386 g/mol. The van der Waals surface area contributed by atoms with Crippen LogP contribution in [0.25, 0.3) is 0 Å². The van der Waals surface area contributed by atoms with Crippen LogP contribution in [-0.2, 0) is 12.7 Å².